The molecule has 9 heteroatoms. The van der Waals surface area contributed by atoms with E-state index in [0.717, 1.165) is 38.9 Å². The molecule has 0 radical (unpaired) electrons. The highest BCUT2D eigenvalue weighted by molar-refractivity contribution is 5.92. The second-order valence-electron chi connectivity index (χ2n) is 6.45. The standard InChI is InChI=1S/C17H22N6O3/c1-18-8-5-13-6-9-21(10-7-13)17(24)16-12-22(20-19-16)14-3-2-4-15(11-14)23(25)26/h2-4,11-13,18H,5-10H2,1H3. The molecule has 0 atom stereocenters. The fourth-order valence-electron chi connectivity index (χ4n) is 3.17. The van der Waals surface area contributed by atoms with Gasteiger partial charge in [-0.3, -0.25) is 14.9 Å². The van der Waals surface area contributed by atoms with Crippen LogP contribution in [0.2, 0.25) is 0 Å². The smallest absolute Gasteiger partial charge is 0.276 e. The molecule has 0 saturated carbocycles. The van der Waals surface area contributed by atoms with Crippen molar-refractivity contribution in [2.45, 2.75) is 19.3 Å². The number of amides is 1. The van der Waals surface area contributed by atoms with Crippen LogP contribution in [0.4, 0.5) is 5.69 Å². The highest BCUT2D eigenvalue weighted by Crippen LogP contribution is 2.21. The molecule has 0 bridgehead atoms. The molecule has 1 aromatic heterocycles. The van der Waals surface area contributed by atoms with E-state index in [4.69, 9.17) is 0 Å². The van der Waals surface area contributed by atoms with E-state index in [1.165, 1.54) is 23.0 Å². The zero-order valence-corrected chi connectivity index (χ0v) is 14.7. The predicted octanol–water partition coefficient (Wildman–Crippen LogP) is 1.64. The maximum atomic E-state index is 12.6. The SMILES string of the molecule is CNCCC1CCN(C(=O)c2cn(-c3cccc([N+](=O)[O-])c3)nn2)CC1. The zero-order chi connectivity index (χ0) is 18.5. The Hall–Kier alpha value is -2.81. The first-order valence-corrected chi connectivity index (χ1v) is 8.69. The molecule has 138 valence electrons. The highest BCUT2D eigenvalue weighted by atomic mass is 16.6. The molecule has 1 N–H and O–H groups in total. The van der Waals surface area contributed by atoms with Gasteiger partial charge in [0.05, 0.1) is 16.8 Å². The molecule has 1 aromatic carbocycles. The molecule has 1 aliphatic heterocycles. The van der Waals surface area contributed by atoms with Gasteiger partial charge < -0.3 is 10.2 Å². The third kappa shape index (κ3) is 4.05. The van der Waals surface area contributed by atoms with Crippen molar-refractivity contribution in [3.63, 3.8) is 0 Å². The van der Waals surface area contributed by atoms with Crippen LogP contribution in [0.25, 0.3) is 5.69 Å². The van der Waals surface area contributed by atoms with Crippen LogP contribution >= 0.6 is 0 Å². The average Bonchev–Trinajstić information content (AvgIpc) is 3.16. The van der Waals surface area contributed by atoms with Crippen LogP contribution in [0.3, 0.4) is 0 Å². The molecule has 0 aliphatic carbocycles. The fraction of sp³-hybridized carbons (Fsp3) is 0.471. The Morgan fingerprint density at radius 1 is 1.38 bits per heavy atom. The molecular formula is C17H22N6O3. The average molecular weight is 358 g/mol. The van der Waals surface area contributed by atoms with Gasteiger partial charge in [0, 0.05) is 25.2 Å². The lowest BCUT2D eigenvalue weighted by molar-refractivity contribution is -0.384. The van der Waals surface area contributed by atoms with Crippen molar-refractivity contribution >= 4 is 11.6 Å². The highest BCUT2D eigenvalue weighted by Gasteiger charge is 2.25. The number of likely N-dealkylation sites (tertiary alicyclic amines) is 1. The van der Waals surface area contributed by atoms with E-state index < -0.39 is 4.92 Å². The van der Waals surface area contributed by atoms with Crippen molar-refractivity contribution in [3.05, 3.63) is 46.3 Å². The number of piperidine rings is 1. The molecule has 2 heterocycles. The van der Waals surface area contributed by atoms with Crippen LogP contribution in [0.1, 0.15) is 29.8 Å². The Labute approximate surface area is 151 Å². The number of aromatic nitrogens is 3. The molecular weight excluding hydrogens is 336 g/mol. The number of carbonyl (C=O) groups is 1. The molecule has 3 rings (SSSR count). The normalized spacial score (nSPS) is 15.2. The summed E-state index contributed by atoms with van der Waals surface area (Å²) in [5.74, 6) is 0.501. The Morgan fingerprint density at radius 3 is 2.85 bits per heavy atom. The maximum absolute atomic E-state index is 12.6. The van der Waals surface area contributed by atoms with Crippen molar-refractivity contribution in [2.75, 3.05) is 26.7 Å². The first kappa shape index (κ1) is 18.0. The van der Waals surface area contributed by atoms with Crippen LogP contribution in [0.15, 0.2) is 30.5 Å². The topological polar surface area (TPSA) is 106 Å². The van der Waals surface area contributed by atoms with Crippen LogP contribution in [-0.4, -0.2) is 57.4 Å². The Kier molecular flexibility index (Phi) is 5.57. The number of carbonyl (C=O) groups excluding carboxylic acids is 1. The van der Waals surface area contributed by atoms with Crippen molar-refractivity contribution in [1.82, 2.24) is 25.2 Å². The number of nitrogens with one attached hydrogen (secondary N) is 1. The molecule has 1 aliphatic rings. The summed E-state index contributed by atoms with van der Waals surface area (Å²) in [6.45, 7) is 2.43. The maximum Gasteiger partial charge on any atom is 0.276 e. The summed E-state index contributed by atoms with van der Waals surface area (Å²) >= 11 is 0. The minimum atomic E-state index is -0.468. The third-order valence-electron chi connectivity index (χ3n) is 4.72. The van der Waals surface area contributed by atoms with Crippen molar-refractivity contribution in [2.24, 2.45) is 5.92 Å². The van der Waals surface area contributed by atoms with Gasteiger partial charge in [-0.15, -0.1) is 5.10 Å². The molecule has 1 amide bonds. The van der Waals surface area contributed by atoms with Gasteiger partial charge in [-0.25, -0.2) is 4.68 Å². The largest absolute Gasteiger partial charge is 0.337 e. The quantitative estimate of drug-likeness (QED) is 0.621. The number of rotatable bonds is 6. The van der Waals surface area contributed by atoms with Crippen LogP contribution in [0.5, 0.6) is 0 Å². The van der Waals surface area contributed by atoms with Gasteiger partial charge in [-0.1, -0.05) is 11.3 Å². The van der Waals surface area contributed by atoms with Gasteiger partial charge in [0.2, 0.25) is 0 Å². The van der Waals surface area contributed by atoms with Crippen molar-refractivity contribution in [1.29, 1.82) is 0 Å². The lowest BCUT2D eigenvalue weighted by Gasteiger charge is -2.31. The van der Waals surface area contributed by atoms with Gasteiger partial charge in [0.15, 0.2) is 5.69 Å². The Balaban J connectivity index is 1.65. The molecule has 1 fully saturated rings. The molecule has 26 heavy (non-hydrogen) atoms. The van der Waals surface area contributed by atoms with Crippen molar-refractivity contribution < 1.29 is 9.72 Å². The number of nitrogens with zero attached hydrogens (tertiary/aromatic N) is 5. The number of benzene rings is 1. The summed E-state index contributed by atoms with van der Waals surface area (Å²) < 4.78 is 1.39. The van der Waals surface area contributed by atoms with E-state index in [-0.39, 0.29) is 17.3 Å². The fourth-order valence-corrected chi connectivity index (χ4v) is 3.17. The number of hydrogen-bond donors (Lipinski definition) is 1. The summed E-state index contributed by atoms with van der Waals surface area (Å²) in [5.41, 5.74) is 0.719. The molecule has 0 unspecified atom stereocenters. The number of nitro benzene ring substituents is 1. The van der Waals surface area contributed by atoms with E-state index in [0.29, 0.717) is 11.6 Å². The first-order chi connectivity index (χ1) is 12.6. The summed E-state index contributed by atoms with van der Waals surface area (Å²) in [6, 6.07) is 6.07. The van der Waals surface area contributed by atoms with Gasteiger partial charge in [0.1, 0.15) is 0 Å². The number of nitro groups is 1. The number of hydrogen-bond acceptors (Lipinski definition) is 6. The molecule has 2 aromatic rings. The molecule has 0 spiro atoms. The molecule has 9 nitrogen and oxygen atoms in total. The monoisotopic (exact) mass is 358 g/mol. The third-order valence-corrected chi connectivity index (χ3v) is 4.72. The van der Waals surface area contributed by atoms with E-state index in [1.807, 2.05) is 7.05 Å². The predicted molar refractivity (Wildman–Crippen MR) is 95.2 cm³/mol. The minimum absolute atomic E-state index is 0.0329. The van der Waals surface area contributed by atoms with E-state index in [9.17, 15) is 14.9 Å². The van der Waals surface area contributed by atoms with Crippen LogP contribution in [-0.2, 0) is 0 Å². The summed E-state index contributed by atoms with van der Waals surface area (Å²) in [5, 5.41) is 22.0. The summed E-state index contributed by atoms with van der Waals surface area (Å²) in [4.78, 5) is 24.9. The van der Waals surface area contributed by atoms with Crippen molar-refractivity contribution in [3.8, 4) is 5.69 Å². The molecule has 1 saturated heterocycles. The second kappa shape index (κ2) is 8.05. The summed E-state index contributed by atoms with van der Waals surface area (Å²) in [7, 11) is 1.95. The minimum Gasteiger partial charge on any atom is -0.337 e. The second-order valence-corrected chi connectivity index (χ2v) is 6.45. The van der Waals surface area contributed by atoms with E-state index in [2.05, 4.69) is 15.6 Å². The Bertz CT molecular complexity index is 782. The van der Waals surface area contributed by atoms with Crippen LogP contribution in [0, 0.1) is 16.0 Å². The van der Waals surface area contributed by atoms with Gasteiger partial charge in [-0.2, -0.15) is 0 Å². The summed E-state index contributed by atoms with van der Waals surface area (Å²) in [6.07, 6.45) is 4.63. The lowest BCUT2D eigenvalue weighted by atomic mass is 9.93. The van der Waals surface area contributed by atoms with E-state index in [1.54, 1.807) is 17.0 Å². The first-order valence-electron chi connectivity index (χ1n) is 8.69. The zero-order valence-electron chi connectivity index (χ0n) is 14.7. The van der Waals surface area contributed by atoms with Gasteiger partial charge in [-0.05, 0) is 44.8 Å². The van der Waals surface area contributed by atoms with Gasteiger partial charge in [0.25, 0.3) is 11.6 Å². The Morgan fingerprint density at radius 2 is 2.15 bits per heavy atom. The van der Waals surface area contributed by atoms with Crippen LogP contribution < -0.4 is 5.32 Å². The number of non-ortho nitro benzene ring substituents is 1. The lowest BCUT2D eigenvalue weighted by Crippen LogP contribution is -2.39. The van der Waals surface area contributed by atoms with Gasteiger partial charge >= 0.3 is 0 Å². The van der Waals surface area contributed by atoms with E-state index >= 15 is 0 Å².